The van der Waals surface area contributed by atoms with Crippen LogP contribution < -0.4 is 11.0 Å². The second kappa shape index (κ2) is 6.99. The van der Waals surface area contributed by atoms with Gasteiger partial charge in [0.15, 0.2) is 6.29 Å². The van der Waals surface area contributed by atoms with Crippen LogP contribution in [0.3, 0.4) is 0 Å². The van der Waals surface area contributed by atoms with Gasteiger partial charge >= 0.3 is 0 Å². The van der Waals surface area contributed by atoms with Gasteiger partial charge in [-0.2, -0.15) is 5.53 Å². The van der Waals surface area contributed by atoms with E-state index >= 15 is 0 Å². The van der Waals surface area contributed by atoms with Gasteiger partial charge in [-0.3, -0.25) is 0 Å². The van der Waals surface area contributed by atoms with E-state index in [1.807, 2.05) is 0 Å². The van der Waals surface area contributed by atoms with Gasteiger partial charge < -0.3 is 9.84 Å². The first-order valence-electron chi connectivity index (χ1n) is 7.71. The summed E-state index contributed by atoms with van der Waals surface area (Å²) in [6, 6.07) is 0.554. The maximum absolute atomic E-state index is 9.29. The van der Waals surface area contributed by atoms with E-state index in [1.54, 1.807) is 0 Å². The van der Waals surface area contributed by atoms with E-state index < -0.39 is 6.29 Å². The summed E-state index contributed by atoms with van der Waals surface area (Å²) in [4.78, 5) is 0. The second-order valence-corrected chi connectivity index (χ2v) is 6.21. The van der Waals surface area contributed by atoms with E-state index in [0.717, 1.165) is 25.9 Å². The van der Waals surface area contributed by atoms with E-state index in [1.165, 1.54) is 12.8 Å². The van der Waals surface area contributed by atoms with Gasteiger partial charge in [0.05, 0.1) is 0 Å². The number of epoxide rings is 1. The molecule has 0 aliphatic carbocycles. The minimum atomic E-state index is -0.485. The van der Waals surface area contributed by atoms with Gasteiger partial charge in [-0.15, -0.1) is 0 Å². The fraction of sp³-hybridized carbons (Fsp3) is 1.00. The van der Waals surface area contributed by atoms with Crippen LogP contribution in [0.25, 0.3) is 0 Å². The predicted octanol–water partition coefficient (Wildman–Crippen LogP) is 1.25. The standard InChI is InChI=1S/C14H29N3O2/c1-4-11(13-14(18)19-13)7-5-6-8-17-9-12(10(2)3)15-16-17/h10-16,18H,4-9H2,1-3H3. The fourth-order valence-corrected chi connectivity index (χ4v) is 2.80. The molecule has 19 heavy (non-hydrogen) atoms. The number of nitrogens with one attached hydrogen (secondary N) is 2. The maximum atomic E-state index is 9.29. The van der Waals surface area contributed by atoms with E-state index in [2.05, 4.69) is 36.7 Å². The number of ether oxygens (including phenoxy) is 1. The van der Waals surface area contributed by atoms with Crippen molar-refractivity contribution in [2.75, 3.05) is 13.1 Å². The Kier molecular flexibility index (Phi) is 5.59. The first kappa shape index (κ1) is 15.2. The van der Waals surface area contributed by atoms with Crippen molar-refractivity contribution < 1.29 is 9.84 Å². The monoisotopic (exact) mass is 271 g/mol. The molecule has 5 heteroatoms. The molecule has 0 amide bonds. The number of aliphatic hydroxyl groups excluding tert-OH is 1. The first-order valence-corrected chi connectivity index (χ1v) is 7.71. The summed E-state index contributed by atoms with van der Waals surface area (Å²) in [6.45, 7) is 8.84. The Morgan fingerprint density at radius 2 is 2.11 bits per heavy atom. The fourth-order valence-electron chi connectivity index (χ4n) is 2.80. The predicted molar refractivity (Wildman–Crippen MR) is 75.0 cm³/mol. The lowest BCUT2D eigenvalue weighted by Gasteiger charge is -2.16. The maximum Gasteiger partial charge on any atom is 0.182 e. The third kappa shape index (κ3) is 4.39. The molecule has 3 N–H and O–H groups in total. The van der Waals surface area contributed by atoms with Gasteiger partial charge in [-0.05, 0) is 24.7 Å². The van der Waals surface area contributed by atoms with Crippen molar-refractivity contribution in [2.24, 2.45) is 11.8 Å². The average molecular weight is 271 g/mol. The SMILES string of the molecule is CCC(CCCCN1CC(C(C)C)NN1)C1OC1O. The summed E-state index contributed by atoms with van der Waals surface area (Å²) in [6.07, 6.45) is 4.28. The summed E-state index contributed by atoms with van der Waals surface area (Å²) in [5.41, 5.74) is 6.57. The van der Waals surface area contributed by atoms with Crippen molar-refractivity contribution in [1.82, 2.24) is 16.0 Å². The lowest BCUT2D eigenvalue weighted by Crippen LogP contribution is -2.38. The molecule has 0 saturated carbocycles. The summed E-state index contributed by atoms with van der Waals surface area (Å²) in [7, 11) is 0. The first-order chi connectivity index (χ1) is 9.11. The molecule has 2 heterocycles. The molecule has 2 aliphatic rings. The molecule has 0 aromatic carbocycles. The van der Waals surface area contributed by atoms with Gasteiger partial charge in [0.1, 0.15) is 6.10 Å². The van der Waals surface area contributed by atoms with Crippen LogP contribution >= 0.6 is 0 Å². The van der Waals surface area contributed by atoms with Gasteiger partial charge in [0, 0.05) is 19.1 Å². The Morgan fingerprint density at radius 1 is 1.37 bits per heavy atom. The Balaban J connectivity index is 1.55. The lowest BCUT2D eigenvalue weighted by molar-refractivity contribution is 0.155. The quantitative estimate of drug-likeness (QED) is 0.458. The highest BCUT2D eigenvalue weighted by Crippen LogP contribution is 2.32. The molecule has 112 valence electrons. The van der Waals surface area contributed by atoms with Gasteiger partial charge in [-0.1, -0.05) is 33.6 Å². The Morgan fingerprint density at radius 3 is 2.63 bits per heavy atom. The van der Waals surface area contributed by atoms with Crippen LogP contribution in [-0.2, 0) is 4.74 Å². The van der Waals surface area contributed by atoms with Crippen LogP contribution in [0.15, 0.2) is 0 Å². The molecule has 4 atom stereocenters. The number of hydrogen-bond acceptors (Lipinski definition) is 5. The Hall–Kier alpha value is -0.200. The number of unbranched alkanes of at least 4 members (excludes halogenated alkanes) is 1. The minimum absolute atomic E-state index is 0.113. The van der Waals surface area contributed by atoms with Gasteiger partial charge in [0.25, 0.3) is 0 Å². The van der Waals surface area contributed by atoms with Gasteiger partial charge in [0.2, 0.25) is 0 Å². The number of nitrogens with zero attached hydrogens (tertiary/aromatic N) is 1. The smallest absolute Gasteiger partial charge is 0.182 e. The molecule has 0 aromatic rings. The lowest BCUT2D eigenvalue weighted by atomic mass is 9.95. The van der Waals surface area contributed by atoms with Crippen LogP contribution in [0.4, 0.5) is 0 Å². The second-order valence-electron chi connectivity index (χ2n) is 6.21. The van der Waals surface area contributed by atoms with E-state index in [4.69, 9.17) is 4.74 Å². The number of rotatable bonds is 8. The van der Waals surface area contributed by atoms with E-state index in [-0.39, 0.29) is 6.10 Å². The molecule has 5 nitrogen and oxygen atoms in total. The van der Waals surface area contributed by atoms with Crippen molar-refractivity contribution in [3.63, 3.8) is 0 Å². The molecule has 0 spiro atoms. The Bertz CT molecular complexity index is 275. The molecular weight excluding hydrogens is 242 g/mol. The zero-order valence-electron chi connectivity index (χ0n) is 12.4. The molecular formula is C14H29N3O2. The normalized spacial score (nSPS) is 33.0. The molecule has 0 aromatic heterocycles. The third-order valence-corrected chi connectivity index (χ3v) is 4.37. The molecule has 2 saturated heterocycles. The molecule has 0 bridgehead atoms. The molecule has 2 fully saturated rings. The highest BCUT2D eigenvalue weighted by Gasteiger charge is 2.42. The van der Waals surface area contributed by atoms with E-state index in [0.29, 0.717) is 17.9 Å². The summed E-state index contributed by atoms with van der Waals surface area (Å²) < 4.78 is 5.16. The third-order valence-electron chi connectivity index (χ3n) is 4.37. The number of aliphatic hydroxyl groups is 1. The van der Waals surface area contributed by atoms with Crippen LogP contribution in [0.5, 0.6) is 0 Å². The molecule has 2 aliphatic heterocycles. The Labute approximate surface area is 116 Å². The number of hydrogen-bond donors (Lipinski definition) is 3. The van der Waals surface area contributed by atoms with Crippen molar-refractivity contribution in [3.8, 4) is 0 Å². The van der Waals surface area contributed by atoms with Crippen LogP contribution in [0.1, 0.15) is 46.5 Å². The van der Waals surface area contributed by atoms with Crippen molar-refractivity contribution >= 4 is 0 Å². The van der Waals surface area contributed by atoms with Crippen LogP contribution in [0, 0.1) is 11.8 Å². The largest absolute Gasteiger partial charge is 0.366 e. The summed E-state index contributed by atoms with van der Waals surface area (Å²) in [5, 5.41) is 11.6. The van der Waals surface area contributed by atoms with Crippen molar-refractivity contribution in [3.05, 3.63) is 0 Å². The van der Waals surface area contributed by atoms with Crippen molar-refractivity contribution in [1.29, 1.82) is 0 Å². The number of hydrazine groups is 2. The van der Waals surface area contributed by atoms with Gasteiger partial charge in [-0.25, -0.2) is 10.4 Å². The van der Waals surface area contributed by atoms with Crippen molar-refractivity contribution in [2.45, 2.75) is 64.9 Å². The van der Waals surface area contributed by atoms with Crippen LogP contribution in [-0.4, -0.2) is 41.6 Å². The zero-order chi connectivity index (χ0) is 13.8. The van der Waals surface area contributed by atoms with E-state index in [9.17, 15) is 5.11 Å². The summed E-state index contributed by atoms with van der Waals surface area (Å²) >= 11 is 0. The topological polar surface area (TPSA) is 60.1 Å². The molecule has 0 radical (unpaired) electrons. The minimum Gasteiger partial charge on any atom is -0.366 e. The van der Waals surface area contributed by atoms with Crippen LogP contribution in [0.2, 0.25) is 0 Å². The molecule has 4 unspecified atom stereocenters. The highest BCUT2D eigenvalue weighted by molar-refractivity contribution is 4.82. The highest BCUT2D eigenvalue weighted by atomic mass is 16.7. The average Bonchev–Trinajstić information content (AvgIpc) is 2.92. The zero-order valence-corrected chi connectivity index (χ0v) is 12.4. The molecule has 2 rings (SSSR count). The summed E-state index contributed by atoms with van der Waals surface area (Å²) in [5.74, 6) is 1.19.